The number of phenolic OH excluding ortho intramolecular Hbond substituents is 1. The Morgan fingerprint density at radius 1 is 1.21 bits per heavy atom. The van der Waals surface area contributed by atoms with Crippen LogP contribution in [0.1, 0.15) is 32.9 Å². The maximum absolute atomic E-state index is 12.5. The van der Waals surface area contributed by atoms with Crippen LogP contribution in [0.25, 0.3) is 0 Å². The molecule has 1 heterocycles. The van der Waals surface area contributed by atoms with Crippen molar-refractivity contribution in [2.75, 3.05) is 7.11 Å². The van der Waals surface area contributed by atoms with Gasteiger partial charge in [0.2, 0.25) is 0 Å². The van der Waals surface area contributed by atoms with Gasteiger partial charge >= 0.3 is 0 Å². The summed E-state index contributed by atoms with van der Waals surface area (Å²) in [7, 11) is 1.48. The summed E-state index contributed by atoms with van der Waals surface area (Å²) in [5.41, 5.74) is 2.99. The van der Waals surface area contributed by atoms with Gasteiger partial charge in [0.25, 0.3) is 5.91 Å². The van der Waals surface area contributed by atoms with Crippen molar-refractivity contribution in [2.24, 2.45) is 0 Å². The van der Waals surface area contributed by atoms with E-state index in [0.717, 1.165) is 22.6 Å². The lowest BCUT2D eigenvalue weighted by Crippen LogP contribution is -2.22. The summed E-state index contributed by atoms with van der Waals surface area (Å²) < 4.78 is 16.0. The molecule has 0 bridgehead atoms. The quantitative estimate of drug-likeness (QED) is 0.649. The van der Waals surface area contributed by atoms with Crippen LogP contribution in [0.2, 0.25) is 0 Å². The molecular formula is C21H22N2O5. The number of carbonyl (C=O) groups is 1. The standard InChI is InChI=1S/C21H22N2O5/c1-13-18(14(2)28-23-13)12-27-17-6-4-5-16(10-17)21(25)22-11-15-7-8-19(24)20(9-15)26-3/h4-10,24H,11-12H2,1-3H3,(H,22,25). The molecule has 146 valence electrons. The molecule has 0 spiro atoms. The summed E-state index contributed by atoms with van der Waals surface area (Å²) in [4.78, 5) is 12.5. The van der Waals surface area contributed by atoms with Gasteiger partial charge in [-0.05, 0) is 49.7 Å². The van der Waals surface area contributed by atoms with Crippen molar-refractivity contribution >= 4 is 5.91 Å². The highest BCUT2D eigenvalue weighted by Crippen LogP contribution is 2.26. The Bertz CT molecular complexity index is 961. The molecule has 3 rings (SSSR count). The van der Waals surface area contributed by atoms with Crippen LogP contribution < -0.4 is 14.8 Å². The molecule has 2 N–H and O–H groups in total. The first-order chi connectivity index (χ1) is 13.5. The molecule has 0 aliphatic rings. The Labute approximate surface area is 162 Å². The van der Waals surface area contributed by atoms with Crippen molar-refractivity contribution < 1.29 is 23.9 Å². The predicted molar refractivity (Wildman–Crippen MR) is 103 cm³/mol. The van der Waals surface area contributed by atoms with Crippen LogP contribution in [0.5, 0.6) is 17.2 Å². The third-order valence-corrected chi connectivity index (χ3v) is 4.36. The summed E-state index contributed by atoms with van der Waals surface area (Å²) in [6.45, 7) is 4.32. The number of carbonyl (C=O) groups excluding carboxylic acids is 1. The van der Waals surface area contributed by atoms with Crippen molar-refractivity contribution in [2.45, 2.75) is 27.0 Å². The van der Waals surface area contributed by atoms with Gasteiger partial charge in [0.1, 0.15) is 18.1 Å². The number of nitrogens with one attached hydrogen (secondary N) is 1. The number of benzene rings is 2. The smallest absolute Gasteiger partial charge is 0.251 e. The van der Waals surface area contributed by atoms with Crippen LogP contribution in [0.4, 0.5) is 0 Å². The predicted octanol–water partition coefficient (Wildman–Crippen LogP) is 3.51. The molecule has 0 unspecified atom stereocenters. The number of hydrogen-bond acceptors (Lipinski definition) is 6. The Morgan fingerprint density at radius 2 is 2.04 bits per heavy atom. The van der Waals surface area contributed by atoms with E-state index >= 15 is 0 Å². The van der Waals surface area contributed by atoms with E-state index in [4.69, 9.17) is 14.0 Å². The molecule has 0 radical (unpaired) electrons. The van der Waals surface area contributed by atoms with Gasteiger partial charge in [-0.15, -0.1) is 0 Å². The third kappa shape index (κ3) is 4.43. The van der Waals surface area contributed by atoms with Crippen LogP contribution >= 0.6 is 0 Å². The summed E-state index contributed by atoms with van der Waals surface area (Å²) in [6.07, 6.45) is 0. The van der Waals surface area contributed by atoms with Crippen LogP contribution in [-0.2, 0) is 13.2 Å². The molecule has 7 nitrogen and oxygen atoms in total. The maximum Gasteiger partial charge on any atom is 0.251 e. The van der Waals surface area contributed by atoms with Crippen molar-refractivity contribution in [1.82, 2.24) is 10.5 Å². The van der Waals surface area contributed by atoms with Crippen LogP contribution in [0.3, 0.4) is 0 Å². The summed E-state index contributed by atoms with van der Waals surface area (Å²) in [5.74, 6) is 1.49. The molecule has 0 aliphatic heterocycles. The molecule has 0 atom stereocenters. The summed E-state index contributed by atoms with van der Waals surface area (Å²) >= 11 is 0. The van der Waals surface area contributed by atoms with Crippen molar-refractivity contribution in [3.05, 3.63) is 70.6 Å². The van der Waals surface area contributed by atoms with E-state index in [2.05, 4.69) is 10.5 Å². The van der Waals surface area contributed by atoms with E-state index in [9.17, 15) is 9.90 Å². The van der Waals surface area contributed by atoms with Crippen molar-refractivity contribution in [1.29, 1.82) is 0 Å². The number of aromatic nitrogens is 1. The number of aromatic hydroxyl groups is 1. The minimum atomic E-state index is -0.227. The molecule has 0 fully saturated rings. The lowest BCUT2D eigenvalue weighted by molar-refractivity contribution is 0.0950. The average molecular weight is 382 g/mol. The molecular weight excluding hydrogens is 360 g/mol. The molecule has 0 aliphatic carbocycles. The van der Waals surface area contributed by atoms with E-state index in [1.807, 2.05) is 13.8 Å². The maximum atomic E-state index is 12.5. The van der Waals surface area contributed by atoms with Gasteiger partial charge in [-0.3, -0.25) is 4.79 Å². The topological polar surface area (TPSA) is 93.8 Å². The SMILES string of the molecule is COc1cc(CNC(=O)c2cccc(OCc3c(C)noc3C)c2)ccc1O. The van der Waals surface area contributed by atoms with Gasteiger partial charge in [-0.25, -0.2) is 0 Å². The van der Waals surface area contributed by atoms with E-state index in [0.29, 0.717) is 30.2 Å². The number of rotatable bonds is 7. The zero-order valence-electron chi connectivity index (χ0n) is 16.0. The lowest BCUT2D eigenvalue weighted by Gasteiger charge is -2.10. The van der Waals surface area contributed by atoms with Gasteiger partial charge < -0.3 is 24.4 Å². The molecule has 0 saturated carbocycles. The third-order valence-electron chi connectivity index (χ3n) is 4.36. The molecule has 2 aromatic carbocycles. The van der Waals surface area contributed by atoms with E-state index in [1.165, 1.54) is 13.2 Å². The lowest BCUT2D eigenvalue weighted by atomic mass is 10.1. The van der Waals surface area contributed by atoms with Crippen LogP contribution in [-0.4, -0.2) is 23.3 Å². The second-order valence-electron chi connectivity index (χ2n) is 6.31. The van der Waals surface area contributed by atoms with Crippen molar-refractivity contribution in [3.8, 4) is 17.2 Å². The van der Waals surface area contributed by atoms with E-state index < -0.39 is 0 Å². The fourth-order valence-corrected chi connectivity index (χ4v) is 2.71. The van der Waals surface area contributed by atoms with Crippen LogP contribution in [0, 0.1) is 13.8 Å². The van der Waals surface area contributed by atoms with Crippen LogP contribution in [0.15, 0.2) is 47.0 Å². The molecule has 3 aromatic rings. The average Bonchev–Trinajstić information content (AvgIpc) is 3.03. The first-order valence-electron chi connectivity index (χ1n) is 8.76. The summed E-state index contributed by atoms with van der Waals surface area (Å²) in [6, 6.07) is 11.9. The number of hydrogen-bond donors (Lipinski definition) is 2. The molecule has 0 saturated heterocycles. The Balaban J connectivity index is 1.62. The molecule has 28 heavy (non-hydrogen) atoms. The number of methoxy groups -OCH3 is 1. The Kier molecular flexibility index (Phi) is 5.84. The van der Waals surface area contributed by atoms with Gasteiger partial charge in [-0.1, -0.05) is 17.3 Å². The fourth-order valence-electron chi connectivity index (χ4n) is 2.71. The number of amides is 1. The van der Waals surface area contributed by atoms with Gasteiger partial charge in [-0.2, -0.15) is 0 Å². The second-order valence-corrected chi connectivity index (χ2v) is 6.31. The van der Waals surface area contributed by atoms with Gasteiger partial charge in [0.15, 0.2) is 11.5 Å². The number of aryl methyl sites for hydroxylation is 2. The molecule has 1 aromatic heterocycles. The van der Waals surface area contributed by atoms with Crippen molar-refractivity contribution in [3.63, 3.8) is 0 Å². The zero-order chi connectivity index (χ0) is 20.1. The monoisotopic (exact) mass is 382 g/mol. The largest absolute Gasteiger partial charge is 0.504 e. The summed E-state index contributed by atoms with van der Waals surface area (Å²) in [5, 5.41) is 16.4. The number of ether oxygens (including phenoxy) is 2. The highest BCUT2D eigenvalue weighted by molar-refractivity contribution is 5.94. The normalized spacial score (nSPS) is 10.5. The van der Waals surface area contributed by atoms with E-state index in [-0.39, 0.29) is 11.7 Å². The van der Waals surface area contributed by atoms with Gasteiger partial charge in [0.05, 0.1) is 18.4 Å². The highest BCUT2D eigenvalue weighted by Gasteiger charge is 2.11. The first-order valence-corrected chi connectivity index (χ1v) is 8.76. The van der Waals surface area contributed by atoms with Gasteiger partial charge in [0, 0.05) is 12.1 Å². The molecule has 1 amide bonds. The fraction of sp³-hybridized carbons (Fsp3) is 0.238. The zero-order valence-corrected chi connectivity index (χ0v) is 16.0. The Hall–Kier alpha value is -3.48. The first kappa shape index (κ1) is 19.3. The minimum Gasteiger partial charge on any atom is -0.504 e. The number of phenols is 1. The highest BCUT2D eigenvalue weighted by atomic mass is 16.5. The van der Waals surface area contributed by atoms with E-state index in [1.54, 1.807) is 36.4 Å². The number of nitrogens with zero attached hydrogens (tertiary/aromatic N) is 1. The minimum absolute atomic E-state index is 0.0562. The second kappa shape index (κ2) is 8.47. The Morgan fingerprint density at radius 3 is 2.75 bits per heavy atom. The molecule has 7 heteroatoms.